The summed E-state index contributed by atoms with van der Waals surface area (Å²) in [7, 11) is 0. The summed E-state index contributed by atoms with van der Waals surface area (Å²) in [6, 6.07) is 26.7. The van der Waals surface area contributed by atoms with Crippen molar-refractivity contribution in [1.29, 1.82) is 0 Å². The highest BCUT2D eigenvalue weighted by molar-refractivity contribution is 7.21. The van der Waals surface area contributed by atoms with Crippen LogP contribution >= 0.6 is 22.9 Å². The summed E-state index contributed by atoms with van der Waals surface area (Å²) in [6.07, 6.45) is 1.43. The molecule has 0 radical (unpaired) electrons. The van der Waals surface area contributed by atoms with Crippen molar-refractivity contribution in [2.75, 3.05) is 5.32 Å². The second-order valence-electron chi connectivity index (χ2n) is 7.96. The van der Waals surface area contributed by atoms with E-state index in [0.717, 1.165) is 16.7 Å². The number of pyridine rings is 1. The van der Waals surface area contributed by atoms with E-state index in [9.17, 15) is 14.7 Å². The number of carboxylic acid groups (broad SMARTS) is 1. The molecule has 6 nitrogen and oxygen atoms in total. The highest BCUT2D eigenvalue weighted by Crippen LogP contribution is 2.33. The van der Waals surface area contributed by atoms with Crippen LogP contribution in [0.2, 0.25) is 5.02 Å². The number of nitrogens with zero attached hydrogens (tertiary/aromatic N) is 2. The Morgan fingerprint density at radius 3 is 2.26 bits per heavy atom. The summed E-state index contributed by atoms with van der Waals surface area (Å²) in [4.78, 5) is 30.1. The van der Waals surface area contributed by atoms with Crippen molar-refractivity contribution >= 4 is 44.4 Å². The second-order valence-corrected chi connectivity index (χ2v) is 9.38. The van der Waals surface area contributed by atoms with Crippen molar-refractivity contribution < 1.29 is 9.90 Å². The molecule has 2 aromatic heterocycles. The quantitative estimate of drug-likeness (QED) is 0.283. The van der Waals surface area contributed by atoms with Crippen molar-refractivity contribution in [3.8, 4) is 0 Å². The lowest BCUT2D eigenvalue weighted by molar-refractivity contribution is 0.0694. The minimum absolute atomic E-state index is 0.125. The van der Waals surface area contributed by atoms with E-state index in [1.165, 1.54) is 17.5 Å². The van der Waals surface area contributed by atoms with Crippen LogP contribution in [-0.2, 0) is 6.54 Å². The third-order valence-corrected chi connectivity index (χ3v) is 6.91. The van der Waals surface area contributed by atoms with Crippen molar-refractivity contribution in [3.05, 3.63) is 129 Å². The molecular weight excluding hydrogens is 482 g/mol. The van der Waals surface area contributed by atoms with E-state index in [1.54, 1.807) is 6.07 Å². The van der Waals surface area contributed by atoms with Crippen molar-refractivity contribution in [3.63, 3.8) is 0 Å². The van der Waals surface area contributed by atoms with Gasteiger partial charge in [0.2, 0.25) is 5.43 Å². The van der Waals surface area contributed by atoms with Gasteiger partial charge in [0.05, 0.1) is 6.04 Å². The van der Waals surface area contributed by atoms with Crippen LogP contribution in [0.5, 0.6) is 0 Å². The minimum atomic E-state index is -1.29. The maximum atomic E-state index is 13.1. The summed E-state index contributed by atoms with van der Waals surface area (Å²) in [5.41, 5.74) is 2.09. The maximum Gasteiger partial charge on any atom is 0.341 e. The SMILES string of the molecule is O=C(O)c1cn(C(c2ccccc2)c2ccccc2)c2sc(NCc3cccc(Cl)c3)nc2c1=O. The van der Waals surface area contributed by atoms with Crippen molar-refractivity contribution in [1.82, 2.24) is 9.55 Å². The van der Waals surface area contributed by atoms with Gasteiger partial charge in [0.1, 0.15) is 15.9 Å². The summed E-state index contributed by atoms with van der Waals surface area (Å²) in [5.74, 6) is -1.29. The number of carboxylic acids is 1. The van der Waals surface area contributed by atoms with Crippen LogP contribution in [0.1, 0.15) is 33.1 Å². The first kappa shape index (κ1) is 22.8. The lowest BCUT2D eigenvalue weighted by Crippen LogP contribution is -2.21. The molecule has 0 fully saturated rings. The average Bonchev–Trinajstić information content (AvgIpc) is 3.31. The number of rotatable bonds is 7. The zero-order chi connectivity index (χ0) is 24.4. The molecule has 0 spiro atoms. The van der Waals surface area contributed by atoms with Gasteiger partial charge in [-0.05, 0) is 28.8 Å². The monoisotopic (exact) mass is 501 g/mol. The number of fused-ring (bicyclic) bond motifs is 1. The highest BCUT2D eigenvalue weighted by Gasteiger charge is 2.24. The van der Waals surface area contributed by atoms with Gasteiger partial charge in [-0.15, -0.1) is 0 Å². The number of hydrogen-bond donors (Lipinski definition) is 2. The normalized spacial score (nSPS) is 11.1. The first-order valence-corrected chi connectivity index (χ1v) is 12.1. The number of aromatic nitrogens is 2. The molecule has 0 bridgehead atoms. The summed E-state index contributed by atoms with van der Waals surface area (Å²) in [5, 5.41) is 14.2. The van der Waals surface area contributed by atoms with Crippen LogP contribution in [-0.4, -0.2) is 20.6 Å². The molecule has 2 N–H and O–H groups in total. The van der Waals surface area contributed by atoms with Crippen molar-refractivity contribution in [2.24, 2.45) is 0 Å². The van der Waals surface area contributed by atoms with Crippen LogP contribution < -0.4 is 10.7 Å². The minimum Gasteiger partial charge on any atom is -0.477 e. The maximum absolute atomic E-state index is 13.1. The average molecular weight is 502 g/mol. The van der Waals surface area contributed by atoms with Crippen LogP contribution in [0.3, 0.4) is 0 Å². The van der Waals surface area contributed by atoms with E-state index in [2.05, 4.69) is 10.3 Å². The van der Waals surface area contributed by atoms with Gasteiger partial charge < -0.3 is 15.0 Å². The fourth-order valence-electron chi connectivity index (χ4n) is 4.05. The lowest BCUT2D eigenvalue weighted by atomic mass is 9.98. The van der Waals surface area contributed by atoms with Gasteiger partial charge >= 0.3 is 5.97 Å². The van der Waals surface area contributed by atoms with E-state index >= 15 is 0 Å². The summed E-state index contributed by atoms with van der Waals surface area (Å²) in [6.45, 7) is 0.459. The molecule has 0 aliphatic carbocycles. The molecule has 0 unspecified atom stereocenters. The van der Waals surface area contributed by atoms with Gasteiger partial charge in [-0.1, -0.05) is 95.7 Å². The van der Waals surface area contributed by atoms with E-state index in [0.29, 0.717) is 21.5 Å². The number of aromatic carboxylic acids is 1. The Labute approximate surface area is 210 Å². The first-order valence-electron chi connectivity index (χ1n) is 10.9. The van der Waals surface area contributed by atoms with Gasteiger partial charge in [-0.25, -0.2) is 9.78 Å². The van der Waals surface area contributed by atoms with E-state index in [1.807, 2.05) is 83.4 Å². The molecule has 0 amide bonds. The zero-order valence-electron chi connectivity index (χ0n) is 18.4. The number of anilines is 1. The van der Waals surface area contributed by atoms with E-state index in [4.69, 9.17) is 11.6 Å². The molecule has 35 heavy (non-hydrogen) atoms. The largest absolute Gasteiger partial charge is 0.477 e. The molecule has 5 rings (SSSR count). The molecule has 0 aliphatic heterocycles. The van der Waals surface area contributed by atoms with E-state index < -0.39 is 11.4 Å². The Morgan fingerprint density at radius 1 is 1.00 bits per heavy atom. The zero-order valence-corrected chi connectivity index (χ0v) is 20.0. The number of benzene rings is 3. The highest BCUT2D eigenvalue weighted by atomic mass is 35.5. The molecule has 0 saturated carbocycles. The molecule has 2 heterocycles. The number of carbonyl (C=O) groups is 1. The predicted octanol–water partition coefficient (Wildman–Crippen LogP) is 6.06. The fourth-order valence-corrected chi connectivity index (χ4v) is 5.22. The van der Waals surface area contributed by atoms with Gasteiger partial charge in [0, 0.05) is 17.8 Å². The van der Waals surface area contributed by atoms with Gasteiger partial charge in [0.25, 0.3) is 0 Å². The van der Waals surface area contributed by atoms with Crippen LogP contribution in [0, 0.1) is 0 Å². The molecule has 5 aromatic rings. The summed E-state index contributed by atoms with van der Waals surface area (Å²) >= 11 is 7.40. The smallest absolute Gasteiger partial charge is 0.341 e. The number of hydrogen-bond acceptors (Lipinski definition) is 5. The molecule has 0 atom stereocenters. The standard InChI is InChI=1S/C27H20ClN3O3S/c28-20-13-7-8-17(14-20)15-29-27-30-22-24(32)21(26(33)34)16-31(25(22)35-27)23(18-9-3-1-4-10-18)19-11-5-2-6-12-19/h1-14,16,23H,15H2,(H,29,30)(H,33,34). The Bertz CT molecular complexity index is 1530. The van der Waals surface area contributed by atoms with Crippen LogP contribution in [0.25, 0.3) is 10.3 Å². The predicted molar refractivity (Wildman–Crippen MR) is 140 cm³/mol. The third-order valence-electron chi connectivity index (χ3n) is 5.64. The number of halogens is 1. The fraction of sp³-hybridized carbons (Fsp3) is 0.0741. The second kappa shape index (κ2) is 9.74. The summed E-state index contributed by atoms with van der Waals surface area (Å²) < 4.78 is 1.84. The van der Waals surface area contributed by atoms with Crippen molar-refractivity contribution in [2.45, 2.75) is 12.6 Å². The van der Waals surface area contributed by atoms with Gasteiger partial charge in [0.15, 0.2) is 5.13 Å². The Kier molecular flexibility index (Phi) is 6.35. The molecular formula is C27H20ClN3O3S. The van der Waals surface area contributed by atoms with E-state index in [-0.39, 0.29) is 17.1 Å². The molecule has 174 valence electrons. The van der Waals surface area contributed by atoms with Gasteiger partial charge in [-0.3, -0.25) is 4.79 Å². The molecule has 3 aromatic carbocycles. The molecule has 0 saturated heterocycles. The van der Waals surface area contributed by atoms with Gasteiger partial charge in [-0.2, -0.15) is 0 Å². The Balaban J connectivity index is 1.67. The number of thiazole rings is 1. The first-order chi connectivity index (χ1) is 17.0. The van der Waals surface area contributed by atoms with Crippen LogP contribution in [0.4, 0.5) is 5.13 Å². The Hall–Kier alpha value is -3.94. The number of nitrogens with one attached hydrogen (secondary N) is 1. The molecule has 8 heteroatoms. The molecule has 0 aliphatic rings. The third kappa shape index (κ3) is 4.69. The topological polar surface area (TPSA) is 84.2 Å². The Morgan fingerprint density at radius 2 is 1.66 bits per heavy atom. The van der Waals surface area contributed by atoms with Crippen LogP contribution in [0.15, 0.2) is 95.9 Å². The lowest BCUT2D eigenvalue weighted by Gasteiger charge is -2.23.